The van der Waals surface area contributed by atoms with Crippen molar-refractivity contribution in [3.63, 3.8) is 0 Å². The van der Waals surface area contributed by atoms with Gasteiger partial charge in [-0.15, -0.1) is 0 Å². The fourth-order valence-electron chi connectivity index (χ4n) is 2.46. The first-order valence-electron chi connectivity index (χ1n) is 8.44. The Morgan fingerprint density at radius 3 is 2.52 bits per heavy atom. The van der Waals surface area contributed by atoms with Crippen LogP contribution >= 0.6 is 0 Å². The van der Waals surface area contributed by atoms with E-state index in [1.807, 2.05) is 0 Å². The van der Waals surface area contributed by atoms with Crippen molar-refractivity contribution in [1.82, 2.24) is 5.32 Å². The van der Waals surface area contributed by atoms with E-state index >= 15 is 0 Å². The van der Waals surface area contributed by atoms with E-state index in [2.05, 4.69) is 51.2 Å². The van der Waals surface area contributed by atoms with E-state index in [0.717, 1.165) is 24.8 Å². The fraction of sp³-hybridized carbons (Fsp3) is 0.684. The molecule has 118 valence electrons. The third kappa shape index (κ3) is 5.70. The van der Waals surface area contributed by atoms with Crippen molar-refractivity contribution in [3.8, 4) is 5.75 Å². The Kier molecular flexibility index (Phi) is 5.69. The molecule has 2 rings (SSSR count). The van der Waals surface area contributed by atoms with Gasteiger partial charge in [-0.05, 0) is 68.2 Å². The van der Waals surface area contributed by atoms with Crippen LogP contribution in [-0.2, 0) is 5.41 Å². The Bertz CT molecular complexity index is 443. The quantitative estimate of drug-likeness (QED) is 0.707. The van der Waals surface area contributed by atoms with E-state index < -0.39 is 0 Å². The van der Waals surface area contributed by atoms with Crippen LogP contribution in [0.4, 0.5) is 0 Å². The highest BCUT2D eigenvalue weighted by Crippen LogP contribution is 2.27. The minimum Gasteiger partial charge on any atom is -0.493 e. The lowest BCUT2D eigenvalue weighted by atomic mass is 9.86. The molecule has 1 saturated carbocycles. The third-order valence-corrected chi connectivity index (χ3v) is 4.13. The summed E-state index contributed by atoms with van der Waals surface area (Å²) in [5.74, 6) is 1.04. The highest BCUT2D eigenvalue weighted by atomic mass is 16.5. The fourth-order valence-corrected chi connectivity index (χ4v) is 2.46. The number of hydrogen-bond acceptors (Lipinski definition) is 2. The molecular formula is C19H31NO. The van der Waals surface area contributed by atoms with Crippen molar-refractivity contribution in [2.24, 2.45) is 0 Å². The molecule has 0 heterocycles. The maximum atomic E-state index is 5.92. The zero-order valence-corrected chi connectivity index (χ0v) is 14.2. The van der Waals surface area contributed by atoms with Gasteiger partial charge in [0.05, 0.1) is 6.61 Å². The largest absolute Gasteiger partial charge is 0.493 e. The lowest BCUT2D eigenvalue weighted by Crippen LogP contribution is -2.17. The average Bonchev–Trinajstić information content (AvgIpc) is 3.22. The lowest BCUT2D eigenvalue weighted by molar-refractivity contribution is 0.302. The molecule has 0 bridgehead atoms. The predicted molar refractivity (Wildman–Crippen MR) is 90.2 cm³/mol. The standard InChI is InChI=1S/C19H31NO/c1-15-14-16(19(2,3)4)8-11-18(15)21-13-7-5-6-12-20-17-9-10-17/h8,11,14,17,20H,5-7,9-10,12-13H2,1-4H3. The van der Waals surface area contributed by atoms with E-state index in [9.17, 15) is 0 Å². The van der Waals surface area contributed by atoms with E-state index in [-0.39, 0.29) is 5.41 Å². The summed E-state index contributed by atoms with van der Waals surface area (Å²) in [6, 6.07) is 7.42. The van der Waals surface area contributed by atoms with Gasteiger partial charge in [0.25, 0.3) is 0 Å². The smallest absolute Gasteiger partial charge is 0.122 e. The van der Waals surface area contributed by atoms with Crippen molar-refractivity contribution >= 4 is 0 Å². The van der Waals surface area contributed by atoms with Gasteiger partial charge in [-0.3, -0.25) is 0 Å². The zero-order chi connectivity index (χ0) is 15.3. The SMILES string of the molecule is Cc1cc(C(C)(C)C)ccc1OCCCCCNC1CC1. The number of benzene rings is 1. The molecule has 1 aliphatic carbocycles. The predicted octanol–water partition coefficient (Wildman–Crippen LogP) is 4.59. The van der Waals surface area contributed by atoms with Crippen LogP contribution in [0.1, 0.15) is 64.0 Å². The molecule has 2 nitrogen and oxygen atoms in total. The molecule has 1 fully saturated rings. The Morgan fingerprint density at radius 2 is 1.90 bits per heavy atom. The van der Waals surface area contributed by atoms with Crippen LogP contribution < -0.4 is 10.1 Å². The normalized spacial score (nSPS) is 15.2. The van der Waals surface area contributed by atoms with Gasteiger partial charge >= 0.3 is 0 Å². The lowest BCUT2D eigenvalue weighted by Gasteiger charge is -2.20. The van der Waals surface area contributed by atoms with E-state index in [0.29, 0.717) is 0 Å². The van der Waals surface area contributed by atoms with Crippen LogP contribution in [0, 0.1) is 6.92 Å². The van der Waals surface area contributed by atoms with Gasteiger partial charge in [0, 0.05) is 6.04 Å². The summed E-state index contributed by atoms with van der Waals surface area (Å²) in [5.41, 5.74) is 2.83. The van der Waals surface area contributed by atoms with Crippen molar-refractivity contribution in [1.29, 1.82) is 0 Å². The summed E-state index contributed by atoms with van der Waals surface area (Å²) in [7, 11) is 0. The Hall–Kier alpha value is -1.02. The second kappa shape index (κ2) is 7.31. The van der Waals surface area contributed by atoms with Crippen molar-refractivity contribution in [2.75, 3.05) is 13.2 Å². The number of ether oxygens (including phenoxy) is 1. The molecule has 1 aromatic carbocycles. The minimum atomic E-state index is 0.206. The number of unbranched alkanes of at least 4 members (excludes halogenated alkanes) is 2. The molecule has 0 saturated heterocycles. The molecule has 1 aromatic rings. The van der Waals surface area contributed by atoms with Gasteiger partial charge in [-0.2, -0.15) is 0 Å². The van der Waals surface area contributed by atoms with Gasteiger partial charge in [-0.25, -0.2) is 0 Å². The van der Waals surface area contributed by atoms with E-state index in [1.54, 1.807) is 0 Å². The van der Waals surface area contributed by atoms with Crippen molar-refractivity contribution < 1.29 is 4.74 Å². The molecule has 2 heteroatoms. The second-order valence-electron chi connectivity index (χ2n) is 7.37. The van der Waals surface area contributed by atoms with Crippen molar-refractivity contribution in [2.45, 2.75) is 71.3 Å². The number of hydrogen-bond donors (Lipinski definition) is 1. The van der Waals surface area contributed by atoms with Gasteiger partial charge in [-0.1, -0.05) is 32.9 Å². The first-order chi connectivity index (χ1) is 9.97. The molecular weight excluding hydrogens is 258 g/mol. The van der Waals surface area contributed by atoms with Gasteiger partial charge in [0.1, 0.15) is 5.75 Å². The summed E-state index contributed by atoms with van der Waals surface area (Å²) in [4.78, 5) is 0. The van der Waals surface area contributed by atoms with Crippen molar-refractivity contribution in [3.05, 3.63) is 29.3 Å². The highest BCUT2D eigenvalue weighted by Gasteiger charge is 2.19. The molecule has 21 heavy (non-hydrogen) atoms. The van der Waals surface area contributed by atoms with E-state index in [4.69, 9.17) is 4.74 Å². The highest BCUT2D eigenvalue weighted by molar-refractivity contribution is 5.38. The summed E-state index contributed by atoms with van der Waals surface area (Å²) in [5, 5.41) is 3.55. The van der Waals surface area contributed by atoms with Gasteiger partial charge in [0.15, 0.2) is 0 Å². The van der Waals surface area contributed by atoms with Crippen LogP contribution in [0.15, 0.2) is 18.2 Å². The molecule has 0 aliphatic heterocycles. The van der Waals surface area contributed by atoms with E-state index in [1.165, 1.54) is 43.4 Å². The average molecular weight is 289 g/mol. The van der Waals surface area contributed by atoms with Crippen LogP contribution in [0.2, 0.25) is 0 Å². The zero-order valence-electron chi connectivity index (χ0n) is 14.2. The second-order valence-corrected chi connectivity index (χ2v) is 7.37. The van der Waals surface area contributed by atoms with Crippen LogP contribution in [0.3, 0.4) is 0 Å². The first kappa shape index (κ1) is 16.4. The maximum Gasteiger partial charge on any atom is 0.122 e. The molecule has 0 amide bonds. The summed E-state index contributed by atoms with van der Waals surface area (Å²) >= 11 is 0. The molecule has 0 unspecified atom stereocenters. The monoisotopic (exact) mass is 289 g/mol. The van der Waals surface area contributed by atoms with Crippen LogP contribution in [-0.4, -0.2) is 19.2 Å². The van der Waals surface area contributed by atoms with Gasteiger partial charge in [0.2, 0.25) is 0 Å². The Balaban J connectivity index is 1.65. The Morgan fingerprint density at radius 1 is 1.14 bits per heavy atom. The number of rotatable bonds is 8. The number of aryl methyl sites for hydroxylation is 1. The molecule has 0 radical (unpaired) electrons. The maximum absolute atomic E-state index is 5.92. The molecule has 1 N–H and O–H groups in total. The minimum absolute atomic E-state index is 0.206. The molecule has 0 spiro atoms. The topological polar surface area (TPSA) is 21.3 Å². The first-order valence-corrected chi connectivity index (χ1v) is 8.44. The van der Waals surface area contributed by atoms with Crippen LogP contribution in [0.5, 0.6) is 5.75 Å². The number of nitrogens with one attached hydrogen (secondary N) is 1. The Labute approximate surface area is 130 Å². The van der Waals surface area contributed by atoms with Crippen LogP contribution in [0.25, 0.3) is 0 Å². The summed E-state index contributed by atoms with van der Waals surface area (Å²) in [6.45, 7) is 10.9. The molecule has 1 aliphatic rings. The van der Waals surface area contributed by atoms with Gasteiger partial charge < -0.3 is 10.1 Å². The molecule has 0 atom stereocenters. The molecule has 0 aromatic heterocycles. The third-order valence-electron chi connectivity index (χ3n) is 4.13. The summed E-state index contributed by atoms with van der Waals surface area (Å²) in [6.07, 6.45) is 6.42. The summed E-state index contributed by atoms with van der Waals surface area (Å²) < 4.78 is 5.92.